The average Bonchev–Trinajstić information content (AvgIpc) is 2.96. The summed E-state index contributed by atoms with van der Waals surface area (Å²) >= 11 is 0. The van der Waals surface area contributed by atoms with Crippen LogP contribution in [0.3, 0.4) is 0 Å². The van der Waals surface area contributed by atoms with Crippen molar-refractivity contribution in [2.24, 2.45) is 11.8 Å². The minimum absolute atomic E-state index is 0.0588. The Morgan fingerprint density at radius 2 is 2.29 bits per heavy atom. The van der Waals surface area contributed by atoms with Gasteiger partial charge in [-0.1, -0.05) is 6.92 Å². The van der Waals surface area contributed by atoms with Crippen molar-refractivity contribution in [3.63, 3.8) is 0 Å². The number of hydrogen-bond acceptors (Lipinski definition) is 3. The molecule has 0 aromatic carbocycles. The van der Waals surface area contributed by atoms with Crippen LogP contribution in [0.5, 0.6) is 0 Å². The molecule has 1 amide bonds. The van der Waals surface area contributed by atoms with Crippen LogP contribution in [-0.4, -0.2) is 22.0 Å². The molecule has 1 saturated carbocycles. The van der Waals surface area contributed by atoms with Gasteiger partial charge in [0, 0.05) is 18.8 Å². The highest BCUT2D eigenvalue weighted by Crippen LogP contribution is 2.36. The molecule has 17 heavy (non-hydrogen) atoms. The molecular weight excluding hydrogens is 222 g/mol. The fourth-order valence-electron chi connectivity index (χ4n) is 1.71. The minimum atomic E-state index is -0.563. The molecule has 1 aliphatic rings. The maximum Gasteiger partial charge on any atom is 0.328 e. The molecule has 0 spiro atoms. The Morgan fingerprint density at radius 3 is 2.88 bits per heavy atom. The van der Waals surface area contributed by atoms with Crippen LogP contribution in [-0.2, 0) is 11.3 Å². The number of aromatic amines is 1. The second-order valence-corrected chi connectivity index (χ2v) is 4.52. The number of nitrogens with zero attached hydrogens (tertiary/aromatic N) is 1. The van der Waals surface area contributed by atoms with E-state index in [9.17, 15) is 14.4 Å². The predicted octanol–water partition coefficient (Wildman–Crippen LogP) is -0.691. The molecule has 0 unspecified atom stereocenters. The van der Waals surface area contributed by atoms with E-state index in [1.807, 2.05) is 0 Å². The molecule has 1 aliphatic carbocycles. The molecule has 1 fully saturated rings. The molecule has 1 aromatic rings. The van der Waals surface area contributed by atoms with Crippen molar-refractivity contribution < 1.29 is 4.79 Å². The van der Waals surface area contributed by atoms with Gasteiger partial charge in [-0.2, -0.15) is 0 Å². The maximum absolute atomic E-state index is 11.5. The van der Waals surface area contributed by atoms with E-state index in [0.717, 1.165) is 6.42 Å². The first kappa shape index (κ1) is 11.6. The molecule has 0 radical (unpaired) electrons. The van der Waals surface area contributed by atoms with E-state index in [1.165, 1.54) is 16.8 Å². The van der Waals surface area contributed by atoms with Crippen LogP contribution >= 0.6 is 0 Å². The fourth-order valence-corrected chi connectivity index (χ4v) is 1.71. The van der Waals surface area contributed by atoms with Crippen LogP contribution in [0.2, 0.25) is 0 Å². The van der Waals surface area contributed by atoms with Gasteiger partial charge in [0.1, 0.15) is 6.54 Å². The monoisotopic (exact) mass is 237 g/mol. The number of nitrogens with one attached hydrogen (secondary N) is 2. The first-order valence-electron chi connectivity index (χ1n) is 5.62. The second kappa shape index (κ2) is 4.57. The van der Waals surface area contributed by atoms with Crippen LogP contribution in [0.15, 0.2) is 21.9 Å². The summed E-state index contributed by atoms with van der Waals surface area (Å²) in [5.74, 6) is 1.05. The van der Waals surface area contributed by atoms with Crippen molar-refractivity contribution in [1.29, 1.82) is 0 Å². The van der Waals surface area contributed by atoms with Crippen molar-refractivity contribution in [2.75, 3.05) is 6.54 Å². The van der Waals surface area contributed by atoms with E-state index in [4.69, 9.17) is 0 Å². The predicted molar refractivity (Wildman–Crippen MR) is 61.6 cm³/mol. The van der Waals surface area contributed by atoms with E-state index in [2.05, 4.69) is 17.2 Å². The Kier molecular flexibility index (Phi) is 3.12. The van der Waals surface area contributed by atoms with Crippen LogP contribution < -0.4 is 16.6 Å². The van der Waals surface area contributed by atoms with Crippen LogP contribution in [0.25, 0.3) is 0 Å². The van der Waals surface area contributed by atoms with Crippen LogP contribution in [0.1, 0.15) is 13.3 Å². The summed E-state index contributed by atoms with van der Waals surface area (Å²) < 4.78 is 1.17. The van der Waals surface area contributed by atoms with Crippen molar-refractivity contribution in [3.05, 3.63) is 33.1 Å². The van der Waals surface area contributed by atoms with Crippen molar-refractivity contribution in [3.8, 4) is 0 Å². The number of carbonyl (C=O) groups is 1. The highest BCUT2D eigenvalue weighted by Gasteiger charge is 2.32. The van der Waals surface area contributed by atoms with Gasteiger partial charge in [0.2, 0.25) is 5.91 Å². The molecule has 92 valence electrons. The zero-order valence-corrected chi connectivity index (χ0v) is 9.60. The Morgan fingerprint density at radius 1 is 1.59 bits per heavy atom. The van der Waals surface area contributed by atoms with Gasteiger partial charge in [-0.15, -0.1) is 0 Å². The largest absolute Gasteiger partial charge is 0.354 e. The topological polar surface area (TPSA) is 84.0 Å². The lowest BCUT2D eigenvalue weighted by Crippen LogP contribution is -2.36. The molecule has 1 aromatic heterocycles. The first-order valence-corrected chi connectivity index (χ1v) is 5.62. The molecule has 1 heterocycles. The summed E-state index contributed by atoms with van der Waals surface area (Å²) in [5, 5.41) is 2.77. The molecule has 6 heteroatoms. The number of H-pyrrole nitrogens is 1. The highest BCUT2D eigenvalue weighted by atomic mass is 16.2. The van der Waals surface area contributed by atoms with Gasteiger partial charge in [-0.25, -0.2) is 4.79 Å². The van der Waals surface area contributed by atoms with Crippen LogP contribution in [0.4, 0.5) is 0 Å². The lowest BCUT2D eigenvalue weighted by Gasteiger charge is -2.05. The van der Waals surface area contributed by atoms with Gasteiger partial charge in [0.15, 0.2) is 0 Å². The highest BCUT2D eigenvalue weighted by molar-refractivity contribution is 5.75. The number of rotatable bonds is 4. The third-order valence-electron chi connectivity index (χ3n) is 3.05. The summed E-state index contributed by atoms with van der Waals surface area (Å²) in [6.07, 6.45) is 2.47. The molecular formula is C11H15N3O3. The number of amides is 1. The normalized spacial score (nSPS) is 22.2. The summed E-state index contributed by atoms with van der Waals surface area (Å²) in [7, 11) is 0. The van der Waals surface area contributed by atoms with Gasteiger partial charge in [0.25, 0.3) is 5.56 Å². The van der Waals surface area contributed by atoms with Crippen LogP contribution in [0, 0.1) is 11.8 Å². The molecule has 0 bridgehead atoms. The summed E-state index contributed by atoms with van der Waals surface area (Å²) in [6.45, 7) is 2.75. The van der Waals surface area contributed by atoms with Crippen molar-refractivity contribution in [1.82, 2.24) is 14.9 Å². The van der Waals surface area contributed by atoms with E-state index in [0.29, 0.717) is 18.4 Å². The van der Waals surface area contributed by atoms with Gasteiger partial charge in [0.05, 0.1) is 0 Å². The zero-order valence-electron chi connectivity index (χ0n) is 9.60. The van der Waals surface area contributed by atoms with Gasteiger partial charge >= 0.3 is 5.69 Å². The molecule has 0 aliphatic heterocycles. The Balaban J connectivity index is 1.89. The zero-order chi connectivity index (χ0) is 12.4. The molecule has 2 atom stereocenters. The SMILES string of the molecule is C[C@@H]1C[C@@H]1CNC(=O)Cn1ccc(=O)[nH]c1=O. The van der Waals surface area contributed by atoms with E-state index in [1.54, 1.807) is 0 Å². The number of carbonyl (C=O) groups excluding carboxylic acids is 1. The Labute approximate surface area is 97.7 Å². The summed E-state index contributed by atoms with van der Waals surface area (Å²) in [5.41, 5.74) is -1.02. The Hall–Kier alpha value is -1.85. The van der Waals surface area contributed by atoms with E-state index < -0.39 is 11.2 Å². The van der Waals surface area contributed by atoms with E-state index >= 15 is 0 Å². The van der Waals surface area contributed by atoms with Crippen molar-refractivity contribution >= 4 is 5.91 Å². The minimum Gasteiger partial charge on any atom is -0.354 e. The van der Waals surface area contributed by atoms with Gasteiger partial charge in [-0.05, 0) is 18.3 Å². The third-order valence-corrected chi connectivity index (χ3v) is 3.05. The van der Waals surface area contributed by atoms with Gasteiger partial charge < -0.3 is 5.32 Å². The smallest absolute Gasteiger partial charge is 0.328 e. The number of hydrogen-bond donors (Lipinski definition) is 2. The van der Waals surface area contributed by atoms with E-state index in [-0.39, 0.29) is 12.5 Å². The quantitative estimate of drug-likeness (QED) is 0.727. The summed E-state index contributed by atoms with van der Waals surface area (Å²) in [6, 6.07) is 1.22. The lowest BCUT2D eigenvalue weighted by atomic mass is 10.3. The molecule has 6 nitrogen and oxygen atoms in total. The third kappa shape index (κ3) is 3.05. The Bertz CT molecular complexity index is 531. The average molecular weight is 237 g/mol. The van der Waals surface area contributed by atoms with Gasteiger partial charge in [-0.3, -0.25) is 19.1 Å². The second-order valence-electron chi connectivity index (χ2n) is 4.52. The molecule has 2 N–H and O–H groups in total. The maximum atomic E-state index is 11.5. The standard InChI is InChI=1S/C11H15N3O3/c1-7-4-8(7)5-12-10(16)6-14-3-2-9(15)13-11(14)17/h2-3,7-8H,4-6H2,1H3,(H,12,16)(H,13,15,17)/t7-,8-/m1/s1. The fraction of sp³-hybridized carbons (Fsp3) is 0.545. The summed E-state index contributed by atoms with van der Waals surface area (Å²) in [4.78, 5) is 35.7. The lowest BCUT2D eigenvalue weighted by molar-refractivity contribution is -0.121. The van der Waals surface area contributed by atoms with Crippen molar-refractivity contribution in [2.45, 2.75) is 19.9 Å². The molecule has 2 rings (SSSR count). The molecule has 0 saturated heterocycles. The number of aromatic nitrogens is 2. The first-order chi connectivity index (χ1) is 8.06.